The van der Waals surface area contributed by atoms with E-state index in [1.807, 2.05) is 30.3 Å². The van der Waals surface area contributed by atoms with Crippen molar-refractivity contribution in [2.45, 2.75) is 25.4 Å². The number of hydrogen-bond donors (Lipinski definition) is 2. The first-order valence-corrected chi connectivity index (χ1v) is 6.22. The molecular weight excluding hydrogens is 246 g/mol. The molecule has 0 radical (unpaired) electrons. The number of carboxylic acid groups (broad SMARTS) is 1. The summed E-state index contributed by atoms with van der Waals surface area (Å²) in [4.78, 5) is 22.2. The number of ether oxygens (including phenoxy) is 1. The van der Waals surface area contributed by atoms with Crippen molar-refractivity contribution in [2.75, 3.05) is 13.7 Å². The monoisotopic (exact) mass is 265 g/mol. The molecule has 104 valence electrons. The zero-order chi connectivity index (χ0) is 14.1. The fourth-order valence-electron chi connectivity index (χ4n) is 1.73. The minimum absolute atomic E-state index is 0.127. The van der Waals surface area contributed by atoms with E-state index in [0.29, 0.717) is 19.4 Å². The molecule has 0 spiro atoms. The van der Waals surface area contributed by atoms with Crippen LogP contribution in [0.3, 0.4) is 0 Å². The van der Waals surface area contributed by atoms with Gasteiger partial charge in [-0.25, -0.2) is 0 Å². The van der Waals surface area contributed by atoms with E-state index in [1.165, 1.54) is 7.11 Å². The van der Waals surface area contributed by atoms with Crippen LogP contribution in [0.1, 0.15) is 30.9 Å². The van der Waals surface area contributed by atoms with Crippen LogP contribution >= 0.6 is 0 Å². The lowest BCUT2D eigenvalue weighted by atomic mass is 10.1. The third-order valence-electron chi connectivity index (χ3n) is 2.69. The Morgan fingerprint density at radius 3 is 2.53 bits per heavy atom. The number of carboxylic acids is 1. The fourth-order valence-corrected chi connectivity index (χ4v) is 1.73. The summed E-state index contributed by atoms with van der Waals surface area (Å²) in [5.74, 6) is -1.02. The van der Waals surface area contributed by atoms with Crippen molar-refractivity contribution in [2.24, 2.45) is 0 Å². The zero-order valence-corrected chi connectivity index (χ0v) is 11.0. The summed E-state index contributed by atoms with van der Waals surface area (Å²) >= 11 is 0. The third-order valence-corrected chi connectivity index (χ3v) is 2.69. The molecule has 5 heteroatoms. The number of nitrogens with one attached hydrogen (secondary N) is 1. The van der Waals surface area contributed by atoms with Crippen LogP contribution in [-0.4, -0.2) is 30.6 Å². The van der Waals surface area contributed by atoms with Gasteiger partial charge < -0.3 is 15.2 Å². The van der Waals surface area contributed by atoms with Gasteiger partial charge in [0.25, 0.3) is 5.91 Å². The molecule has 1 aromatic carbocycles. The van der Waals surface area contributed by atoms with E-state index in [-0.39, 0.29) is 12.3 Å². The topological polar surface area (TPSA) is 75.6 Å². The lowest BCUT2D eigenvalue weighted by Gasteiger charge is -2.15. The first-order chi connectivity index (χ1) is 9.15. The summed E-state index contributed by atoms with van der Waals surface area (Å²) in [7, 11) is 1.49. The van der Waals surface area contributed by atoms with Gasteiger partial charge in [0.15, 0.2) is 6.10 Å². The van der Waals surface area contributed by atoms with Crippen LogP contribution in [-0.2, 0) is 14.3 Å². The normalized spacial score (nSPS) is 11.8. The second-order valence-electron chi connectivity index (χ2n) is 4.17. The second-order valence-corrected chi connectivity index (χ2v) is 4.17. The summed E-state index contributed by atoms with van der Waals surface area (Å²) in [6, 6.07) is 9.24. The van der Waals surface area contributed by atoms with Gasteiger partial charge in [0.05, 0.1) is 0 Å². The van der Waals surface area contributed by atoms with Crippen molar-refractivity contribution in [3.8, 4) is 0 Å². The van der Waals surface area contributed by atoms with Crippen LogP contribution in [0.4, 0.5) is 0 Å². The standard InChI is InChI=1S/C14H19NO4/c1-19-13(11-7-3-2-4-8-11)14(18)15-10-6-5-9-12(16)17/h2-4,7-8,13H,5-6,9-10H2,1H3,(H,15,18)(H,16,17)/t13-/m1/s1. The summed E-state index contributed by atoms with van der Waals surface area (Å²) in [6.07, 6.45) is 0.699. The summed E-state index contributed by atoms with van der Waals surface area (Å²) in [5, 5.41) is 11.2. The first kappa shape index (κ1) is 15.2. The average molecular weight is 265 g/mol. The molecule has 5 nitrogen and oxygen atoms in total. The van der Waals surface area contributed by atoms with Crippen molar-refractivity contribution in [3.63, 3.8) is 0 Å². The highest BCUT2D eigenvalue weighted by atomic mass is 16.5. The van der Waals surface area contributed by atoms with E-state index >= 15 is 0 Å². The van der Waals surface area contributed by atoms with Crippen LogP contribution in [0.5, 0.6) is 0 Å². The van der Waals surface area contributed by atoms with Crippen molar-refractivity contribution < 1.29 is 19.4 Å². The highest BCUT2D eigenvalue weighted by Gasteiger charge is 2.18. The Kier molecular flexibility index (Phi) is 6.60. The molecule has 2 N–H and O–H groups in total. The Morgan fingerprint density at radius 2 is 1.95 bits per heavy atom. The Balaban J connectivity index is 2.37. The largest absolute Gasteiger partial charge is 0.481 e. The summed E-state index contributed by atoms with van der Waals surface area (Å²) in [6.45, 7) is 0.457. The molecule has 0 saturated heterocycles. The highest BCUT2D eigenvalue weighted by Crippen LogP contribution is 2.15. The van der Waals surface area contributed by atoms with Crippen LogP contribution in [0.15, 0.2) is 30.3 Å². The molecule has 0 aromatic heterocycles. The Morgan fingerprint density at radius 1 is 1.26 bits per heavy atom. The molecule has 0 unspecified atom stereocenters. The van der Waals surface area contributed by atoms with Crippen LogP contribution < -0.4 is 5.32 Å². The molecule has 1 atom stereocenters. The maximum Gasteiger partial charge on any atom is 0.303 e. The van der Waals surface area contributed by atoms with E-state index in [2.05, 4.69) is 5.32 Å². The fraction of sp³-hybridized carbons (Fsp3) is 0.429. The predicted molar refractivity (Wildman–Crippen MR) is 70.7 cm³/mol. The van der Waals surface area contributed by atoms with Crippen LogP contribution in [0.2, 0.25) is 0 Å². The number of methoxy groups -OCH3 is 1. The van der Waals surface area contributed by atoms with E-state index < -0.39 is 12.1 Å². The SMILES string of the molecule is CO[C@@H](C(=O)NCCCCC(=O)O)c1ccccc1. The summed E-state index contributed by atoms with van der Waals surface area (Å²) in [5.41, 5.74) is 0.799. The number of amides is 1. The van der Waals surface area contributed by atoms with Gasteiger partial charge in [-0.1, -0.05) is 30.3 Å². The van der Waals surface area contributed by atoms with Crippen molar-refractivity contribution in [1.29, 1.82) is 0 Å². The van der Waals surface area contributed by atoms with Gasteiger partial charge in [-0.05, 0) is 18.4 Å². The number of aliphatic carboxylic acids is 1. The number of rotatable bonds is 8. The molecule has 1 amide bonds. The molecule has 0 bridgehead atoms. The molecule has 0 aliphatic heterocycles. The molecule has 0 saturated carbocycles. The predicted octanol–water partition coefficient (Wildman–Crippen LogP) is 1.75. The van der Waals surface area contributed by atoms with Gasteiger partial charge >= 0.3 is 5.97 Å². The molecule has 1 aromatic rings. The smallest absolute Gasteiger partial charge is 0.303 e. The van der Waals surface area contributed by atoms with Gasteiger partial charge in [0.2, 0.25) is 0 Å². The van der Waals surface area contributed by atoms with Crippen molar-refractivity contribution in [1.82, 2.24) is 5.32 Å². The van der Waals surface area contributed by atoms with Crippen LogP contribution in [0, 0.1) is 0 Å². The number of unbranched alkanes of at least 4 members (excludes halogenated alkanes) is 1. The number of hydrogen-bond acceptors (Lipinski definition) is 3. The van der Waals surface area contributed by atoms with Gasteiger partial charge in [-0.15, -0.1) is 0 Å². The molecular formula is C14H19NO4. The van der Waals surface area contributed by atoms with E-state index in [1.54, 1.807) is 0 Å². The molecule has 1 rings (SSSR count). The average Bonchev–Trinajstić information content (AvgIpc) is 2.40. The minimum Gasteiger partial charge on any atom is -0.481 e. The number of benzene rings is 1. The minimum atomic E-state index is -0.814. The van der Waals surface area contributed by atoms with Gasteiger partial charge in [0, 0.05) is 20.1 Å². The lowest BCUT2D eigenvalue weighted by Crippen LogP contribution is -2.31. The van der Waals surface area contributed by atoms with E-state index in [0.717, 1.165) is 5.56 Å². The Hall–Kier alpha value is -1.88. The van der Waals surface area contributed by atoms with Crippen LogP contribution in [0.25, 0.3) is 0 Å². The highest BCUT2D eigenvalue weighted by molar-refractivity contribution is 5.82. The van der Waals surface area contributed by atoms with Gasteiger partial charge in [0.1, 0.15) is 0 Å². The number of carbonyl (C=O) groups excluding carboxylic acids is 1. The molecule has 0 heterocycles. The third kappa shape index (κ3) is 5.52. The van der Waals surface area contributed by atoms with Crippen molar-refractivity contribution in [3.05, 3.63) is 35.9 Å². The maximum atomic E-state index is 11.9. The first-order valence-electron chi connectivity index (χ1n) is 6.22. The summed E-state index contributed by atoms with van der Waals surface area (Å²) < 4.78 is 5.19. The zero-order valence-electron chi connectivity index (χ0n) is 11.0. The molecule has 0 aliphatic carbocycles. The van der Waals surface area contributed by atoms with Crippen molar-refractivity contribution >= 4 is 11.9 Å². The maximum absolute atomic E-state index is 11.9. The molecule has 0 aliphatic rings. The molecule has 19 heavy (non-hydrogen) atoms. The Labute approximate surface area is 112 Å². The van der Waals surface area contributed by atoms with Gasteiger partial charge in [-0.3, -0.25) is 9.59 Å². The Bertz CT molecular complexity index is 405. The molecule has 0 fully saturated rings. The van der Waals surface area contributed by atoms with E-state index in [9.17, 15) is 9.59 Å². The van der Waals surface area contributed by atoms with E-state index in [4.69, 9.17) is 9.84 Å². The lowest BCUT2D eigenvalue weighted by molar-refractivity contribution is -0.137. The quantitative estimate of drug-likeness (QED) is 0.702. The van der Waals surface area contributed by atoms with Gasteiger partial charge in [-0.2, -0.15) is 0 Å². The number of carbonyl (C=O) groups is 2. The second kappa shape index (κ2) is 8.26.